The molecule has 1 aliphatic heterocycles. The molecule has 0 radical (unpaired) electrons. The van der Waals surface area contributed by atoms with Crippen molar-refractivity contribution < 1.29 is 23.5 Å². The van der Waals surface area contributed by atoms with Gasteiger partial charge in [0.25, 0.3) is 11.8 Å². The van der Waals surface area contributed by atoms with Crippen molar-refractivity contribution in [1.82, 2.24) is 9.88 Å². The average molecular weight is 471 g/mol. The van der Waals surface area contributed by atoms with Crippen molar-refractivity contribution in [1.29, 1.82) is 0 Å². The minimum absolute atomic E-state index is 0.219. The number of nitrogens with one attached hydrogen (secondary N) is 1. The quantitative estimate of drug-likeness (QED) is 0.594. The van der Waals surface area contributed by atoms with Crippen molar-refractivity contribution in [3.63, 3.8) is 0 Å². The lowest BCUT2D eigenvalue weighted by molar-refractivity contribution is 0.0741. The molecular formula is C23H23FN4O4S. The van der Waals surface area contributed by atoms with Gasteiger partial charge in [-0.1, -0.05) is 12.1 Å². The highest BCUT2D eigenvalue weighted by Crippen LogP contribution is 2.25. The van der Waals surface area contributed by atoms with Crippen LogP contribution < -0.4 is 19.7 Å². The van der Waals surface area contributed by atoms with Crippen LogP contribution in [0.25, 0.3) is 0 Å². The molecule has 8 nitrogen and oxygen atoms in total. The molecule has 1 fully saturated rings. The van der Waals surface area contributed by atoms with Crippen LogP contribution in [0.3, 0.4) is 0 Å². The number of piperazine rings is 1. The summed E-state index contributed by atoms with van der Waals surface area (Å²) in [4.78, 5) is 33.4. The van der Waals surface area contributed by atoms with Crippen LogP contribution in [-0.4, -0.2) is 62.1 Å². The topological polar surface area (TPSA) is 84.0 Å². The van der Waals surface area contributed by atoms with E-state index in [1.54, 1.807) is 46.7 Å². The molecule has 0 atom stereocenters. The second-order valence-electron chi connectivity index (χ2n) is 7.32. The van der Waals surface area contributed by atoms with Crippen LogP contribution in [0.5, 0.6) is 11.5 Å². The van der Waals surface area contributed by atoms with E-state index in [4.69, 9.17) is 9.47 Å². The highest BCUT2D eigenvalue weighted by molar-refractivity contribution is 7.14. The molecule has 1 N–H and O–H groups in total. The normalized spacial score (nSPS) is 13.5. The Kier molecular flexibility index (Phi) is 6.74. The minimum Gasteiger partial charge on any atom is -0.497 e. The van der Waals surface area contributed by atoms with Gasteiger partial charge in [0.15, 0.2) is 5.13 Å². The molecule has 3 aromatic rings. The van der Waals surface area contributed by atoms with Crippen LogP contribution >= 0.6 is 11.3 Å². The van der Waals surface area contributed by atoms with Crippen LogP contribution in [0.15, 0.2) is 47.8 Å². The summed E-state index contributed by atoms with van der Waals surface area (Å²) in [6.07, 6.45) is 0. The molecule has 1 aliphatic rings. The standard InChI is InChI=1S/C23H23FN4O4S/c1-31-16-11-15(12-17(13-16)32-2)21(29)26-23-25-19(14-33-23)22(30)28-9-7-27(8-10-28)20-6-4-3-5-18(20)24/h3-6,11-14H,7-10H2,1-2H3,(H,25,26,29). The molecule has 10 heteroatoms. The molecule has 0 saturated carbocycles. The zero-order chi connectivity index (χ0) is 23.4. The third kappa shape index (κ3) is 5.06. The van der Waals surface area contributed by atoms with Crippen LogP contribution in [0.4, 0.5) is 15.2 Å². The first kappa shape index (κ1) is 22.5. The Morgan fingerprint density at radius 3 is 2.33 bits per heavy atom. The van der Waals surface area contributed by atoms with Crippen LogP contribution in [-0.2, 0) is 0 Å². The van der Waals surface area contributed by atoms with Gasteiger partial charge in [-0.25, -0.2) is 9.37 Å². The highest BCUT2D eigenvalue weighted by atomic mass is 32.1. The molecule has 0 aliphatic carbocycles. The largest absolute Gasteiger partial charge is 0.497 e. The van der Waals surface area contributed by atoms with Gasteiger partial charge < -0.3 is 19.3 Å². The van der Waals surface area contributed by atoms with E-state index in [0.717, 1.165) is 0 Å². The van der Waals surface area contributed by atoms with Gasteiger partial charge in [-0.3, -0.25) is 14.9 Å². The SMILES string of the molecule is COc1cc(OC)cc(C(=O)Nc2nc(C(=O)N3CCN(c4ccccc4F)CC3)cs2)c1. The van der Waals surface area contributed by atoms with Crippen molar-refractivity contribution in [3.8, 4) is 11.5 Å². The number of halogens is 1. The first-order valence-corrected chi connectivity index (χ1v) is 11.1. The number of carbonyl (C=O) groups excluding carboxylic acids is 2. The molecule has 2 amide bonds. The molecule has 0 unspecified atom stereocenters. The number of nitrogens with zero attached hydrogens (tertiary/aromatic N) is 3. The van der Waals surface area contributed by atoms with E-state index in [0.29, 0.717) is 54.1 Å². The Morgan fingerprint density at radius 1 is 1.03 bits per heavy atom. The number of methoxy groups -OCH3 is 2. The summed E-state index contributed by atoms with van der Waals surface area (Å²) in [5.41, 5.74) is 1.15. The average Bonchev–Trinajstić information content (AvgIpc) is 3.32. The third-order valence-electron chi connectivity index (χ3n) is 5.32. The van der Waals surface area contributed by atoms with E-state index < -0.39 is 0 Å². The van der Waals surface area contributed by atoms with Gasteiger partial charge in [-0.15, -0.1) is 11.3 Å². The first-order valence-electron chi connectivity index (χ1n) is 10.3. The lowest BCUT2D eigenvalue weighted by atomic mass is 10.2. The minimum atomic E-state index is -0.390. The molecule has 1 aromatic heterocycles. The number of carbonyl (C=O) groups is 2. The number of rotatable bonds is 6. The van der Waals surface area contributed by atoms with Crippen molar-refractivity contribution in [2.75, 3.05) is 50.6 Å². The van der Waals surface area contributed by atoms with E-state index in [1.807, 2.05) is 4.90 Å². The van der Waals surface area contributed by atoms with Crippen LogP contribution in [0, 0.1) is 5.82 Å². The summed E-state index contributed by atoms with van der Waals surface area (Å²) < 4.78 is 24.4. The molecule has 33 heavy (non-hydrogen) atoms. The van der Waals surface area contributed by atoms with Gasteiger partial charge in [-0.2, -0.15) is 0 Å². The molecule has 1 saturated heterocycles. The van der Waals surface area contributed by atoms with E-state index in [2.05, 4.69) is 10.3 Å². The Balaban J connectivity index is 1.38. The van der Waals surface area contributed by atoms with E-state index in [1.165, 1.54) is 31.6 Å². The zero-order valence-corrected chi connectivity index (χ0v) is 19.0. The third-order valence-corrected chi connectivity index (χ3v) is 6.08. The number of ether oxygens (including phenoxy) is 2. The van der Waals surface area contributed by atoms with E-state index in [-0.39, 0.29) is 23.3 Å². The number of benzene rings is 2. The Labute approximate surface area is 194 Å². The summed E-state index contributed by atoms with van der Waals surface area (Å²) in [6.45, 7) is 1.96. The molecule has 2 heterocycles. The molecule has 4 rings (SSSR count). The van der Waals surface area contributed by atoms with Crippen molar-refractivity contribution in [2.24, 2.45) is 0 Å². The van der Waals surface area contributed by atoms with Crippen molar-refractivity contribution >= 4 is 34.0 Å². The fraction of sp³-hybridized carbons (Fsp3) is 0.261. The lowest BCUT2D eigenvalue weighted by Gasteiger charge is -2.35. The second-order valence-corrected chi connectivity index (χ2v) is 8.18. The van der Waals surface area contributed by atoms with Crippen molar-refractivity contribution in [2.45, 2.75) is 0 Å². The smallest absolute Gasteiger partial charge is 0.273 e. The predicted molar refractivity (Wildman–Crippen MR) is 124 cm³/mol. The lowest BCUT2D eigenvalue weighted by Crippen LogP contribution is -2.49. The molecule has 0 bridgehead atoms. The summed E-state index contributed by atoms with van der Waals surface area (Å²) in [5, 5.41) is 4.64. The van der Waals surface area contributed by atoms with Gasteiger partial charge in [0.05, 0.1) is 19.9 Å². The monoisotopic (exact) mass is 470 g/mol. The predicted octanol–water partition coefficient (Wildman–Crippen LogP) is 3.51. The highest BCUT2D eigenvalue weighted by Gasteiger charge is 2.25. The van der Waals surface area contributed by atoms with Crippen LogP contribution in [0.1, 0.15) is 20.8 Å². The Bertz CT molecular complexity index is 1140. The van der Waals surface area contributed by atoms with Gasteiger partial charge in [-0.05, 0) is 24.3 Å². The number of para-hydroxylation sites is 1. The molecule has 172 valence electrons. The zero-order valence-electron chi connectivity index (χ0n) is 18.2. The summed E-state index contributed by atoms with van der Waals surface area (Å²) in [6, 6.07) is 11.5. The van der Waals surface area contributed by atoms with Crippen molar-refractivity contribution in [3.05, 3.63) is 64.9 Å². The van der Waals surface area contributed by atoms with Gasteiger partial charge in [0.1, 0.15) is 23.0 Å². The summed E-state index contributed by atoms with van der Waals surface area (Å²) in [5.74, 6) is 0.0981. The van der Waals surface area contributed by atoms with Gasteiger partial charge in [0, 0.05) is 43.2 Å². The Morgan fingerprint density at radius 2 is 1.70 bits per heavy atom. The molecule has 0 spiro atoms. The van der Waals surface area contributed by atoms with E-state index in [9.17, 15) is 14.0 Å². The number of thiazole rings is 1. The number of hydrogen-bond acceptors (Lipinski definition) is 7. The fourth-order valence-corrected chi connectivity index (χ4v) is 4.24. The number of aromatic nitrogens is 1. The number of anilines is 2. The fourth-order valence-electron chi connectivity index (χ4n) is 3.56. The first-order chi connectivity index (χ1) is 16.0. The Hall–Kier alpha value is -3.66. The van der Waals surface area contributed by atoms with Gasteiger partial charge >= 0.3 is 0 Å². The molecular weight excluding hydrogens is 447 g/mol. The van der Waals surface area contributed by atoms with Gasteiger partial charge in [0.2, 0.25) is 0 Å². The number of hydrogen-bond donors (Lipinski definition) is 1. The van der Waals surface area contributed by atoms with E-state index >= 15 is 0 Å². The molecule has 2 aromatic carbocycles. The maximum Gasteiger partial charge on any atom is 0.273 e. The maximum absolute atomic E-state index is 14.0. The maximum atomic E-state index is 14.0. The van der Waals surface area contributed by atoms with Crippen LogP contribution in [0.2, 0.25) is 0 Å². The summed E-state index contributed by atoms with van der Waals surface area (Å²) in [7, 11) is 3.01. The summed E-state index contributed by atoms with van der Waals surface area (Å²) >= 11 is 1.17. The number of amides is 2. The second kappa shape index (κ2) is 9.86.